The van der Waals surface area contributed by atoms with Gasteiger partial charge in [0, 0.05) is 0 Å². The van der Waals surface area contributed by atoms with Crippen LogP contribution in [0, 0.1) is 0 Å². The molecule has 0 radical (unpaired) electrons. The minimum absolute atomic E-state index is 0.0720. The molecule has 1 aromatic heterocycles. The average Bonchev–Trinajstić information content (AvgIpc) is 1.85. The molecule has 0 N–H and O–H groups in total. The average molecular weight is 174 g/mol. The molecule has 0 atom stereocenters. The number of nitrogens with zero attached hydrogens (tertiary/aromatic N) is 3. The first kappa shape index (κ1) is 8.20. The Kier molecular flexibility index (Phi) is 2.59. The molecule has 0 saturated heterocycles. The van der Waals surface area contributed by atoms with E-state index in [-0.39, 0.29) is 11.4 Å². The van der Waals surface area contributed by atoms with Gasteiger partial charge in [0.25, 0.3) is 0 Å². The molecule has 1 heterocycles. The van der Waals surface area contributed by atoms with Crippen molar-refractivity contribution in [1.29, 1.82) is 0 Å². The van der Waals surface area contributed by atoms with Crippen LogP contribution in [0.4, 0.5) is 0 Å². The number of aromatic nitrogens is 3. The van der Waals surface area contributed by atoms with Crippen LogP contribution in [0.1, 0.15) is 13.8 Å². The molecule has 0 unspecified atom stereocenters. The Morgan fingerprint density at radius 2 is 2.27 bits per heavy atom. The first-order valence-electron chi connectivity index (χ1n) is 3.20. The Morgan fingerprint density at radius 1 is 1.55 bits per heavy atom. The molecule has 4 nitrogen and oxygen atoms in total. The van der Waals surface area contributed by atoms with E-state index in [1.54, 1.807) is 0 Å². The van der Waals surface area contributed by atoms with Crippen molar-refractivity contribution in [2.24, 2.45) is 0 Å². The molecule has 60 valence electrons. The highest BCUT2D eigenvalue weighted by Crippen LogP contribution is 2.07. The zero-order valence-electron chi connectivity index (χ0n) is 6.28. The standard InChI is InChI=1S/C6H8ClN3O/c1-4(2)11-5-3-8-10-6(7)9-5/h3-4H,1-2H3. The number of hydrogen-bond acceptors (Lipinski definition) is 4. The van der Waals surface area contributed by atoms with Crippen molar-refractivity contribution in [3.63, 3.8) is 0 Å². The molecule has 0 fully saturated rings. The topological polar surface area (TPSA) is 47.9 Å². The summed E-state index contributed by atoms with van der Waals surface area (Å²) in [5.41, 5.74) is 0. The molecule has 0 aliphatic heterocycles. The van der Waals surface area contributed by atoms with Gasteiger partial charge in [-0.15, -0.1) is 5.10 Å². The summed E-state index contributed by atoms with van der Waals surface area (Å²) in [6.07, 6.45) is 1.49. The van der Waals surface area contributed by atoms with Crippen molar-refractivity contribution in [3.05, 3.63) is 11.5 Å². The van der Waals surface area contributed by atoms with Crippen molar-refractivity contribution >= 4 is 11.6 Å². The molecule has 0 aliphatic carbocycles. The van der Waals surface area contributed by atoms with E-state index in [2.05, 4.69) is 15.2 Å². The van der Waals surface area contributed by atoms with E-state index in [0.29, 0.717) is 5.88 Å². The van der Waals surface area contributed by atoms with E-state index in [1.165, 1.54) is 6.20 Å². The SMILES string of the molecule is CC(C)Oc1cnnc(Cl)n1. The van der Waals surface area contributed by atoms with Crippen LogP contribution in [0.25, 0.3) is 0 Å². The van der Waals surface area contributed by atoms with Crippen LogP contribution in [0.2, 0.25) is 5.28 Å². The molecule has 11 heavy (non-hydrogen) atoms. The van der Waals surface area contributed by atoms with Crippen molar-refractivity contribution in [1.82, 2.24) is 15.2 Å². The summed E-state index contributed by atoms with van der Waals surface area (Å²) in [7, 11) is 0. The van der Waals surface area contributed by atoms with E-state index < -0.39 is 0 Å². The van der Waals surface area contributed by atoms with Crippen molar-refractivity contribution < 1.29 is 4.74 Å². The predicted octanol–water partition coefficient (Wildman–Crippen LogP) is 1.31. The van der Waals surface area contributed by atoms with Gasteiger partial charge in [-0.05, 0) is 25.4 Å². The second kappa shape index (κ2) is 3.48. The van der Waals surface area contributed by atoms with Crippen molar-refractivity contribution in [3.8, 4) is 5.88 Å². The number of ether oxygens (including phenoxy) is 1. The molecule has 0 spiro atoms. The van der Waals surface area contributed by atoms with Crippen LogP contribution in [-0.4, -0.2) is 21.3 Å². The molecule has 5 heteroatoms. The van der Waals surface area contributed by atoms with Crippen molar-refractivity contribution in [2.75, 3.05) is 0 Å². The molecule has 0 amide bonds. The maximum absolute atomic E-state index is 5.46. The Bertz CT molecular complexity index is 241. The van der Waals surface area contributed by atoms with Crippen LogP contribution in [0.5, 0.6) is 5.88 Å². The van der Waals surface area contributed by atoms with E-state index in [4.69, 9.17) is 16.3 Å². The maximum atomic E-state index is 5.46. The normalized spacial score (nSPS) is 10.2. The summed E-state index contributed by atoms with van der Waals surface area (Å²) >= 11 is 5.46. The van der Waals surface area contributed by atoms with Gasteiger partial charge in [-0.3, -0.25) is 0 Å². The zero-order chi connectivity index (χ0) is 8.27. The fourth-order valence-electron chi connectivity index (χ4n) is 0.566. The van der Waals surface area contributed by atoms with E-state index in [0.717, 1.165) is 0 Å². The minimum Gasteiger partial charge on any atom is -0.474 e. The van der Waals surface area contributed by atoms with Gasteiger partial charge in [-0.2, -0.15) is 10.1 Å². The maximum Gasteiger partial charge on any atom is 0.246 e. The summed E-state index contributed by atoms with van der Waals surface area (Å²) in [6.45, 7) is 3.80. The number of rotatable bonds is 2. The number of hydrogen-bond donors (Lipinski definition) is 0. The first-order valence-corrected chi connectivity index (χ1v) is 3.58. The van der Waals surface area contributed by atoms with Gasteiger partial charge in [0.05, 0.1) is 6.10 Å². The predicted molar refractivity (Wildman–Crippen MR) is 40.6 cm³/mol. The molecule has 0 bridgehead atoms. The lowest BCUT2D eigenvalue weighted by Gasteiger charge is -2.06. The highest BCUT2D eigenvalue weighted by atomic mass is 35.5. The molecule has 0 aliphatic rings. The second-order valence-electron chi connectivity index (χ2n) is 2.23. The van der Waals surface area contributed by atoms with Gasteiger partial charge in [0.2, 0.25) is 11.2 Å². The van der Waals surface area contributed by atoms with Crippen molar-refractivity contribution in [2.45, 2.75) is 20.0 Å². The van der Waals surface area contributed by atoms with Crippen LogP contribution >= 0.6 is 11.6 Å². The highest BCUT2D eigenvalue weighted by molar-refractivity contribution is 6.28. The quantitative estimate of drug-likeness (QED) is 0.677. The lowest BCUT2D eigenvalue weighted by atomic mass is 10.5. The summed E-state index contributed by atoms with van der Waals surface area (Å²) < 4.78 is 5.20. The third-order valence-corrected chi connectivity index (χ3v) is 1.03. The van der Waals surface area contributed by atoms with Gasteiger partial charge in [-0.25, -0.2) is 0 Å². The summed E-state index contributed by atoms with van der Waals surface area (Å²) in [4.78, 5) is 3.78. The third-order valence-electron chi connectivity index (χ3n) is 0.867. The Labute approximate surface area is 69.6 Å². The van der Waals surface area contributed by atoms with Crippen LogP contribution < -0.4 is 4.74 Å². The van der Waals surface area contributed by atoms with E-state index >= 15 is 0 Å². The Balaban J connectivity index is 2.71. The molecular formula is C6H8ClN3O. The lowest BCUT2D eigenvalue weighted by molar-refractivity contribution is 0.231. The molecule has 0 aromatic carbocycles. The molecule has 1 rings (SSSR count). The first-order chi connectivity index (χ1) is 5.18. The van der Waals surface area contributed by atoms with Gasteiger partial charge in [0.1, 0.15) is 6.20 Å². The smallest absolute Gasteiger partial charge is 0.246 e. The fourth-order valence-corrected chi connectivity index (χ4v) is 0.693. The van der Waals surface area contributed by atoms with Gasteiger partial charge < -0.3 is 4.74 Å². The fraction of sp³-hybridized carbons (Fsp3) is 0.500. The molecular weight excluding hydrogens is 166 g/mol. The van der Waals surface area contributed by atoms with Gasteiger partial charge in [-0.1, -0.05) is 0 Å². The minimum atomic E-state index is 0.0720. The van der Waals surface area contributed by atoms with Gasteiger partial charge >= 0.3 is 0 Å². The summed E-state index contributed by atoms with van der Waals surface area (Å²) in [5, 5.41) is 7.14. The highest BCUT2D eigenvalue weighted by Gasteiger charge is 2.00. The Morgan fingerprint density at radius 3 is 2.82 bits per heavy atom. The van der Waals surface area contributed by atoms with Gasteiger partial charge in [0.15, 0.2) is 0 Å². The van der Waals surface area contributed by atoms with E-state index in [9.17, 15) is 0 Å². The second-order valence-corrected chi connectivity index (χ2v) is 2.57. The summed E-state index contributed by atoms with van der Waals surface area (Å²) in [5.74, 6) is 0.403. The van der Waals surface area contributed by atoms with Crippen LogP contribution in [0.15, 0.2) is 6.20 Å². The third kappa shape index (κ3) is 2.67. The molecule has 1 aromatic rings. The largest absolute Gasteiger partial charge is 0.474 e. The Hall–Kier alpha value is -0.900. The van der Waals surface area contributed by atoms with Crippen LogP contribution in [-0.2, 0) is 0 Å². The molecule has 0 saturated carbocycles. The monoisotopic (exact) mass is 173 g/mol. The van der Waals surface area contributed by atoms with Crippen LogP contribution in [0.3, 0.4) is 0 Å². The number of halogens is 1. The summed E-state index contributed by atoms with van der Waals surface area (Å²) in [6, 6.07) is 0. The lowest BCUT2D eigenvalue weighted by Crippen LogP contribution is -2.07. The zero-order valence-corrected chi connectivity index (χ0v) is 7.04. The van der Waals surface area contributed by atoms with E-state index in [1.807, 2.05) is 13.8 Å².